The van der Waals surface area contributed by atoms with E-state index in [4.69, 9.17) is 5.73 Å². The molecular weight excluding hydrogens is 272 g/mol. The number of hydrogen-bond donors (Lipinski definition) is 2. The van der Waals surface area contributed by atoms with Crippen molar-refractivity contribution >= 4 is 23.3 Å². The highest BCUT2D eigenvalue weighted by Gasteiger charge is 2.33. The molecule has 0 saturated carbocycles. The van der Waals surface area contributed by atoms with Crippen LogP contribution in [0.15, 0.2) is 0 Å². The van der Waals surface area contributed by atoms with Crippen LogP contribution < -0.4 is 11.1 Å². The van der Waals surface area contributed by atoms with E-state index in [0.717, 1.165) is 0 Å². The fourth-order valence-electron chi connectivity index (χ4n) is 2.01. The summed E-state index contributed by atoms with van der Waals surface area (Å²) in [6, 6.07) is -1.94. The number of ketones is 3. The fourth-order valence-corrected chi connectivity index (χ4v) is 2.01. The molecule has 0 unspecified atom stereocenters. The lowest BCUT2D eigenvalue weighted by atomic mass is 9.92. The topological polar surface area (TPSA) is 106 Å². The number of Topliss-reactive ketones (excluding diaryl/α,β-unsaturated/α-hetero) is 3. The van der Waals surface area contributed by atoms with Crippen molar-refractivity contribution in [3.8, 4) is 0 Å². The molecule has 0 rings (SSSR count). The van der Waals surface area contributed by atoms with E-state index in [9.17, 15) is 19.2 Å². The Balaban J connectivity index is 4.94. The molecule has 120 valence electrons. The van der Waals surface area contributed by atoms with Crippen LogP contribution in [0.1, 0.15) is 47.5 Å². The van der Waals surface area contributed by atoms with Crippen molar-refractivity contribution < 1.29 is 19.2 Å². The van der Waals surface area contributed by atoms with Crippen LogP contribution in [-0.2, 0) is 19.2 Å². The Kier molecular flexibility index (Phi) is 8.02. The maximum Gasteiger partial charge on any atom is 0.267 e. The maximum absolute atomic E-state index is 12.1. The molecule has 6 nitrogen and oxygen atoms in total. The lowest BCUT2D eigenvalue weighted by Crippen LogP contribution is -2.49. The highest BCUT2D eigenvalue weighted by molar-refractivity contribution is 6.65. The SMILES string of the molecule is CC(=O)N[C@@H](CC(C)C)C(=O)C(=O)C(=O)[C@@H](N)CC(C)C. The second kappa shape index (κ2) is 8.67. The molecule has 3 N–H and O–H groups in total. The van der Waals surface area contributed by atoms with Gasteiger partial charge in [0.1, 0.15) is 0 Å². The third-order valence-corrected chi connectivity index (χ3v) is 2.91. The summed E-state index contributed by atoms with van der Waals surface area (Å²) in [5, 5.41) is 2.42. The molecule has 21 heavy (non-hydrogen) atoms. The van der Waals surface area contributed by atoms with E-state index in [1.807, 2.05) is 27.7 Å². The number of hydrogen-bond acceptors (Lipinski definition) is 5. The van der Waals surface area contributed by atoms with Crippen LogP contribution in [0, 0.1) is 11.8 Å². The van der Waals surface area contributed by atoms with Crippen molar-refractivity contribution in [2.75, 3.05) is 0 Å². The van der Waals surface area contributed by atoms with Gasteiger partial charge >= 0.3 is 0 Å². The van der Waals surface area contributed by atoms with Gasteiger partial charge in [-0.05, 0) is 24.7 Å². The third-order valence-electron chi connectivity index (χ3n) is 2.91. The van der Waals surface area contributed by atoms with Crippen LogP contribution in [-0.4, -0.2) is 35.3 Å². The molecule has 0 aliphatic carbocycles. The predicted octanol–water partition coefficient (Wildman–Crippen LogP) is 0.618. The first-order valence-electron chi connectivity index (χ1n) is 7.21. The van der Waals surface area contributed by atoms with Gasteiger partial charge in [0, 0.05) is 6.92 Å². The van der Waals surface area contributed by atoms with E-state index >= 15 is 0 Å². The van der Waals surface area contributed by atoms with Gasteiger partial charge in [-0.25, -0.2) is 0 Å². The zero-order valence-electron chi connectivity index (χ0n) is 13.4. The molecule has 2 atom stereocenters. The first-order chi connectivity index (χ1) is 9.56. The van der Waals surface area contributed by atoms with Gasteiger partial charge in [0.15, 0.2) is 0 Å². The first kappa shape index (κ1) is 19.4. The molecule has 1 amide bonds. The molecule has 0 fully saturated rings. The Morgan fingerprint density at radius 2 is 1.38 bits per heavy atom. The fraction of sp³-hybridized carbons (Fsp3) is 0.733. The third kappa shape index (κ3) is 7.13. The van der Waals surface area contributed by atoms with Gasteiger partial charge in [-0.15, -0.1) is 0 Å². The molecule has 0 aliphatic rings. The Labute approximate surface area is 125 Å². The van der Waals surface area contributed by atoms with Crippen molar-refractivity contribution in [1.82, 2.24) is 5.32 Å². The van der Waals surface area contributed by atoms with Gasteiger partial charge in [0.05, 0.1) is 12.1 Å². The van der Waals surface area contributed by atoms with E-state index in [2.05, 4.69) is 5.32 Å². The standard InChI is InChI=1S/C15H26N2O4/c1-8(2)6-11(16)13(19)15(21)14(20)12(7-9(3)4)17-10(5)18/h8-9,11-12H,6-7,16H2,1-5H3,(H,17,18)/t11-,12-/m0/s1. The van der Waals surface area contributed by atoms with Crippen molar-refractivity contribution in [3.63, 3.8) is 0 Å². The Morgan fingerprint density at radius 3 is 1.76 bits per heavy atom. The number of rotatable bonds is 9. The van der Waals surface area contributed by atoms with E-state index in [1.165, 1.54) is 6.92 Å². The number of amides is 1. The normalized spacial score (nSPS) is 13.9. The van der Waals surface area contributed by atoms with Crippen LogP contribution in [0.3, 0.4) is 0 Å². The summed E-state index contributed by atoms with van der Waals surface area (Å²) < 4.78 is 0. The predicted molar refractivity (Wildman–Crippen MR) is 79.5 cm³/mol. The molecule has 0 bridgehead atoms. The minimum Gasteiger partial charge on any atom is -0.346 e. The number of carbonyl (C=O) groups is 4. The van der Waals surface area contributed by atoms with Crippen LogP contribution in [0.2, 0.25) is 0 Å². The van der Waals surface area contributed by atoms with Crippen molar-refractivity contribution in [3.05, 3.63) is 0 Å². The molecule has 0 spiro atoms. The largest absolute Gasteiger partial charge is 0.346 e. The molecule has 0 aliphatic heterocycles. The van der Waals surface area contributed by atoms with Crippen LogP contribution in [0.25, 0.3) is 0 Å². The molecule has 0 aromatic rings. The van der Waals surface area contributed by atoms with Crippen LogP contribution in [0.5, 0.6) is 0 Å². The second-order valence-electron chi connectivity index (χ2n) is 6.18. The number of carbonyl (C=O) groups excluding carboxylic acids is 4. The summed E-state index contributed by atoms with van der Waals surface area (Å²) in [5.74, 6) is -3.06. The Morgan fingerprint density at radius 1 is 0.905 bits per heavy atom. The van der Waals surface area contributed by atoms with Crippen LogP contribution >= 0.6 is 0 Å². The van der Waals surface area contributed by atoms with Gasteiger partial charge in [-0.1, -0.05) is 27.7 Å². The van der Waals surface area contributed by atoms with E-state index in [-0.39, 0.29) is 11.8 Å². The summed E-state index contributed by atoms with van der Waals surface area (Å²) in [7, 11) is 0. The van der Waals surface area contributed by atoms with E-state index < -0.39 is 35.3 Å². The monoisotopic (exact) mass is 298 g/mol. The van der Waals surface area contributed by atoms with Crippen molar-refractivity contribution in [2.24, 2.45) is 17.6 Å². The molecule has 0 radical (unpaired) electrons. The Hall–Kier alpha value is -1.56. The molecule has 6 heteroatoms. The van der Waals surface area contributed by atoms with Gasteiger partial charge in [-0.2, -0.15) is 0 Å². The molecule has 0 aromatic carbocycles. The van der Waals surface area contributed by atoms with Crippen molar-refractivity contribution in [2.45, 2.75) is 59.5 Å². The summed E-state index contributed by atoms with van der Waals surface area (Å²) in [6.07, 6.45) is 0.643. The molecule has 0 saturated heterocycles. The molecule has 0 aromatic heterocycles. The minimum atomic E-state index is -1.12. The lowest BCUT2D eigenvalue weighted by molar-refractivity contribution is -0.146. The zero-order valence-corrected chi connectivity index (χ0v) is 13.4. The first-order valence-corrected chi connectivity index (χ1v) is 7.21. The molecular formula is C15H26N2O4. The van der Waals surface area contributed by atoms with Gasteiger partial charge in [-0.3, -0.25) is 19.2 Å². The van der Waals surface area contributed by atoms with Crippen molar-refractivity contribution in [1.29, 1.82) is 0 Å². The number of nitrogens with two attached hydrogens (primary N) is 1. The van der Waals surface area contributed by atoms with Gasteiger partial charge < -0.3 is 11.1 Å². The molecule has 0 heterocycles. The summed E-state index contributed by atoms with van der Waals surface area (Å²) >= 11 is 0. The summed E-state index contributed by atoms with van der Waals surface area (Å²) in [6.45, 7) is 8.73. The lowest BCUT2D eigenvalue weighted by Gasteiger charge is -2.18. The van der Waals surface area contributed by atoms with Gasteiger partial charge in [0.2, 0.25) is 17.5 Å². The summed E-state index contributed by atoms with van der Waals surface area (Å²) in [5.41, 5.74) is 5.65. The average molecular weight is 298 g/mol. The van der Waals surface area contributed by atoms with Gasteiger partial charge in [0.25, 0.3) is 5.78 Å². The average Bonchev–Trinajstić information content (AvgIpc) is 2.33. The smallest absolute Gasteiger partial charge is 0.267 e. The second-order valence-corrected chi connectivity index (χ2v) is 6.18. The Bertz CT molecular complexity index is 416. The highest BCUT2D eigenvalue weighted by atomic mass is 16.2. The highest BCUT2D eigenvalue weighted by Crippen LogP contribution is 2.09. The van der Waals surface area contributed by atoms with E-state index in [0.29, 0.717) is 12.8 Å². The zero-order chi connectivity index (χ0) is 16.7. The van der Waals surface area contributed by atoms with E-state index in [1.54, 1.807) is 0 Å². The maximum atomic E-state index is 12.1. The summed E-state index contributed by atoms with van der Waals surface area (Å²) in [4.78, 5) is 47.1. The minimum absolute atomic E-state index is 0.0954. The number of nitrogens with one attached hydrogen (secondary N) is 1. The van der Waals surface area contributed by atoms with Crippen LogP contribution in [0.4, 0.5) is 0 Å². The quantitative estimate of drug-likeness (QED) is 0.479.